The Morgan fingerprint density at radius 1 is 1.29 bits per heavy atom. The summed E-state index contributed by atoms with van der Waals surface area (Å²) in [6, 6.07) is 8.40. The Bertz CT molecular complexity index is 668. The highest BCUT2D eigenvalue weighted by Crippen LogP contribution is 2.18. The summed E-state index contributed by atoms with van der Waals surface area (Å²) in [4.78, 5) is 25.1. The number of hydrogen-bond acceptors (Lipinski definition) is 5. The summed E-state index contributed by atoms with van der Waals surface area (Å²) in [5, 5.41) is 6.58. The van der Waals surface area contributed by atoms with Gasteiger partial charge in [-0.1, -0.05) is 12.1 Å². The molecule has 2 aromatic rings. The lowest BCUT2D eigenvalue weighted by atomic mass is 10.2. The third-order valence-electron chi connectivity index (χ3n) is 3.68. The van der Waals surface area contributed by atoms with Gasteiger partial charge in [0, 0.05) is 25.2 Å². The maximum atomic E-state index is 12.2. The fraction of sp³-hybridized carbons (Fsp3) is 0.353. The van der Waals surface area contributed by atoms with Gasteiger partial charge < -0.3 is 19.5 Å². The van der Waals surface area contributed by atoms with Gasteiger partial charge in [0.05, 0.1) is 6.04 Å². The molecular weight excluding hydrogens is 310 g/mol. The van der Waals surface area contributed by atoms with Crippen molar-refractivity contribution < 1.29 is 18.8 Å². The average molecular weight is 331 g/mol. The van der Waals surface area contributed by atoms with Crippen molar-refractivity contribution in [1.82, 2.24) is 10.1 Å². The van der Waals surface area contributed by atoms with Gasteiger partial charge in [-0.25, -0.2) is 0 Å². The smallest absolute Gasteiger partial charge is 0.260 e. The van der Waals surface area contributed by atoms with E-state index >= 15 is 0 Å². The van der Waals surface area contributed by atoms with E-state index in [0.29, 0.717) is 23.6 Å². The molecule has 1 N–H and O–H groups in total. The quantitative estimate of drug-likeness (QED) is 0.843. The van der Waals surface area contributed by atoms with Crippen molar-refractivity contribution in [1.29, 1.82) is 0 Å². The van der Waals surface area contributed by atoms with Crippen LogP contribution in [-0.4, -0.2) is 35.5 Å². The molecule has 128 valence electrons. The van der Waals surface area contributed by atoms with Crippen molar-refractivity contribution in [2.24, 2.45) is 0 Å². The number of aromatic nitrogens is 1. The fourth-order valence-corrected chi connectivity index (χ4v) is 1.98. The molecule has 2 rings (SSSR count). The molecule has 0 aliphatic heterocycles. The Hall–Kier alpha value is -2.83. The molecule has 0 aliphatic carbocycles. The summed E-state index contributed by atoms with van der Waals surface area (Å²) in [5.41, 5.74) is 1.37. The molecule has 1 atom stereocenters. The third kappa shape index (κ3) is 4.58. The second kappa shape index (κ2) is 8.14. The van der Waals surface area contributed by atoms with Crippen LogP contribution in [0.2, 0.25) is 0 Å². The number of ether oxygens (including phenoxy) is 1. The zero-order chi connectivity index (χ0) is 17.5. The van der Waals surface area contributed by atoms with E-state index in [-0.39, 0.29) is 24.5 Å². The van der Waals surface area contributed by atoms with Crippen LogP contribution in [0.4, 0.5) is 5.69 Å². The third-order valence-corrected chi connectivity index (χ3v) is 3.68. The molecule has 24 heavy (non-hydrogen) atoms. The SMILES string of the molecule is CCC(=O)Nc1ccc(OCC(=O)N(C)[C@H](C)c2ccon2)cc1. The minimum absolute atomic E-state index is 0.0534. The number of carbonyl (C=O) groups excluding carboxylic acids is 2. The van der Waals surface area contributed by atoms with Crippen molar-refractivity contribution in [3.05, 3.63) is 42.3 Å². The number of rotatable bonds is 7. The first-order valence-corrected chi connectivity index (χ1v) is 7.70. The van der Waals surface area contributed by atoms with E-state index in [1.54, 1.807) is 49.2 Å². The number of likely N-dealkylation sites (N-methyl/N-ethyl adjacent to an activating group) is 1. The van der Waals surface area contributed by atoms with E-state index in [4.69, 9.17) is 9.26 Å². The predicted molar refractivity (Wildman–Crippen MR) is 88.5 cm³/mol. The summed E-state index contributed by atoms with van der Waals surface area (Å²) < 4.78 is 10.3. The molecule has 0 saturated heterocycles. The number of carbonyl (C=O) groups is 2. The first kappa shape index (κ1) is 17.5. The Morgan fingerprint density at radius 3 is 2.58 bits per heavy atom. The van der Waals surface area contributed by atoms with Crippen LogP contribution in [0.25, 0.3) is 0 Å². The van der Waals surface area contributed by atoms with E-state index in [9.17, 15) is 9.59 Å². The van der Waals surface area contributed by atoms with E-state index in [2.05, 4.69) is 10.5 Å². The first-order valence-electron chi connectivity index (χ1n) is 7.70. The number of nitrogens with one attached hydrogen (secondary N) is 1. The zero-order valence-electron chi connectivity index (χ0n) is 14.0. The minimum Gasteiger partial charge on any atom is -0.484 e. The normalized spacial score (nSPS) is 11.6. The molecule has 7 heteroatoms. The first-order chi connectivity index (χ1) is 11.5. The highest BCUT2D eigenvalue weighted by molar-refractivity contribution is 5.90. The second-order valence-electron chi connectivity index (χ2n) is 5.32. The van der Waals surface area contributed by atoms with Crippen LogP contribution >= 0.6 is 0 Å². The standard InChI is InChI=1S/C17H21N3O4/c1-4-16(21)18-13-5-7-14(8-6-13)23-11-17(22)20(3)12(2)15-9-10-24-19-15/h5-10,12H,4,11H2,1-3H3,(H,18,21)/t12-/m1/s1. The number of anilines is 1. The number of amides is 2. The molecule has 1 aromatic heterocycles. The average Bonchev–Trinajstić information content (AvgIpc) is 3.14. The molecule has 1 aromatic carbocycles. The van der Waals surface area contributed by atoms with Crippen LogP contribution in [0.1, 0.15) is 32.0 Å². The van der Waals surface area contributed by atoms with E-state index < -0.39 is 0 Å². The van der Waals surface area contributed by atoms with E-state index in [1.165, 1.54) is 6.26 Å². The minimum atomic E-state index is -0.202. The summed E-state index contributed by atoms with van der Waals surface area (Å²) >= 11 is 0. The lowest BCUT2D eigenvalue weighted by Gasteiger charge is -2.23. The number of hydrogen-bond donors (Lipinski definition) is 1. The van der Waals surface area contributed by atoms with Crippen LogP contribution in [0.3, 0.4) is 0 Å². The molecule has 0 aliphatic rings. The maximum Gasteiger partial charge on any atom is 0.260 e. The fourth-order valence-electron chi connectivity index (χ4n) is 1.98. The molecule has 0 unspecified atom stereocenters. The van der Waals surface area contributed by atoms with Gasteiger partial charge in [-0.05, 0) is 31.2 Å². The number of benzene rings is 1. The van der Waals surface area contributed by atoms with Gasteiger partial charge in [-0.2, -0.15) is 0 Å². The highest BCUT2D eigenvalue weighted by atomic mass is 16.5. The lowest BCUT2D eigenvalue weighted by molar-refractivity contribution is -0.134. The van der Waals surface area contributed by atoms with Crippen molar-refractivity contribution in [3.63, 3.8) is 0 Å². The van der Waals surface area contributed by atoms with Gasteiger partial charge in [0.2, 0.25) is 5.91 Å². The summed E-state index contributed by atoms with van der Waals surface area (Å²) in [6.07, 6.45) is 1.89. The van der Waals surface area contributed by atoms with Crippen molar-refractivity contribution in [2.75, 3.05) is 19.0 Å². The van der Waals surface area contributed by atoms with Crippen LogP contribution in [0.15, 0.2) is 41.1 Å². The lowest BCUT2D eigenvalue weighted by Crippen LogP contribution is -2.33. The summed E-state index contributed by atoms with van der Waals surface area (Å²) in [7, 11) is 1.69. The molecule has 0 spiro atoms. The van der Waals surface area contributed by atoms with Crippen molar-refractivity contribution in [2.45, 2.75) is 26.3 Å². The molecular formula is C17H21N3O4. The van der Waals surface area contributed by atoms with Gasteiger partial charge in [-0.3, -0.25) is 9.59 Å². The van der Waals surface area contributed by atoms with E-state index in [0.717, 1.165) is 0 Å². The van der Waals surface area contributed by atoms with Crippen LogP contribution in [0, 0.1) is 0 Å². The maximum absolute atomic E-state index is 12.2. The molecule has 0 radical (unpaired) electrons. The summed E-state index contributed by atoms with van der Waals surface area (Å²) in [6.45, 7) is 3.56. The molecule has 0 bridgehead atoms. The van der Waals surface area contributed by atoms with Crippen molar-refractivity contribution >= 4 is 17.5 Å². The van der Waals surface area contributed by atoms with Crippen LogP contribution in [-0.2, 0) is 9.59 Å². The Labute approximate surface area is 140 Å². The van der Waals surface area contributed by atoms with Gasteiger partial charge in [-0.15, -0.1) is 0 Å². The monoisotopic (exact) mass is 331 g/mol. The van der Waals surface area contributed by atoms with Gasteiger partial charge >= 0.3 is 0 Å². The topological polar surface area (TPSA) is 84.7 Å². The Balaban J connectivity index is 1.86. The van der Waals surface area contributed by atoms with Gasteiger partial charge in [0.15, 0.2) is 6.61 Å². The molecule has 0 saturated carbocycles. The van der Waals surface area contributed by atoms with Crippen LogP contribution < -0.4 is 10.1 Å². The van der Waals surface area contributed by atoms with E-state index in [1.807, 2.05) is 6.92 Å². The molecule has 2 amide bonds. The Kier molecular flexibility index (Phi) is 5.95. The molecule has 1 heterocycles. The zero-order valence-corrected chi connectivity index (χ0v) is 14.0. The van der Waals surface area contributed by atoms with Crippen molar-refractivity contribution in [3.8, 4) is 5.75 Å². The highest BCUT2D eigenvalue weighted by Gasteiger charge is 2.19. The number of nitrogens with zero attached hydrogens (tertiary/aromatic N) is 2. The van der Waals surface area contributed by atoms with Gasteiger partial charge in [0.25, 0.3) is 5.91 Å². The summed E-state index contributed by atoms with van der Waals surface area (Å²) in [5.74, 6) is 0.330. The molecule has 0 fully saturated rings. The molecule has 7 nitrogen and oxygen atoms in total. The van der Waals surface area contributed by atoms with Crippen LogP contribution in [0.5, 0.6) is 5.75 Å². The second-order valence-corrected chi connectivity index (χ2v) is 5.32. The largest absolute Gasteiger partial charge is 0.484 e. The van der Waals surface area contributed by atoms with Gasteiger partial charge in [0.1, 0.15) is 17.7 Å². The predicted octanol–water partition coefficient (Wildman–Crippen LogP) is 2.62. The Morgan fingerprint density at radius 2 is 2.00 bits per heavy atom.